The summed E-state index contributed by atoms with van der Waals surface area (Å²) in [5, 5.41) is 8.83. The molecular weight excluding hydrogens is 350 g/mol. The van der Waals surface area contributed by atoms with E-state index in [0.29, 0.717) is 13.2 Å². The van der Waals surface area contributed by atoms with Crippen molar-refractivity contribution in [2.45, 2.75) is 64.4 Å². The molecule has 26 heavy (non-hydrogen) atoms. The number of carbonyl (C=O) groups is 1. The van der Waals surface area contributed by atoms with E-state index in [9.17, 15) is 4.79 Å². The Morgan fingerprint density at radius 1 is 1.15 bits per heavy atom. The van der Waals surface area contributed by atoms with Crippen LogP contribution in [0.5, 0.6) is 0 Å². The van der Waals surface area contributed by atoms with Gasteiger partial charge in [-0.15, -0.1) is 12.4 Å². The van der Waals surface area contributed by atoms with Crippen LogP contribution in [0.15, 0.2) is 24.3 Å². The Bertz CT molecular complexity index is 506. The Balaban J connectivity index is 0.00000338. The third-order valence-electron chi connectivity index (χ3n) is 4.96. The van der Waals surface area contributed by atoms with Crippen molar-refractivity contribution in [3.63, 3.8) is 0 Å². The Hall–Kier alpha value is -1.10. The summed E-state index contributed by atoms with van der Waals surface area (Å²) in [7, 11) is 0. The van der Waals surface area contributed by atoms with Gasteiger partial charge in [0.25, 0.3) is 0 Å². The van der Waals surface area contributed by atoms with E-state index in [1.807, 2.05) is 0 Å². The number of aliphatic carboxylic acids is 1. The number of benzene rings is 1. The number of carboxylic acids is 1. The third-order valence-corrected chi connectivity index (χ3v) is 4.96. The predicted octanol–water partition coefficient (Wildman–Crippen LogP) is 4.86. The van der Waals surface area contributed by atoms with Crippen molar-refractivity contribution >= 4 is 18.4 Å². The first kappa shape index (κ1) is 22.9. The molecule has 1 aromatic rings. The van der Waals surface area contributed by atoms with Crippen LogP contribution < -0.4 is 0 Å². The number of hydrogen-bond acceptors (Lipinski definition) is 3. The maximum atomic E-state index is 10.7. The zero-order valence-electron chi connectivity index (χ0n) is 16.0. The number of rotatable bonds is 11. The van der Waals surface area contributed by atoms with Gasteiger partial charge in [0, 0.05) is 19.6 Å². The molecule has 1 saturated heterocycles. The minimum Gasteiger partial charge on any atom is -0.481 e. The molecule has 1 heterocycles. The maximum Gasteiger partial charge on any atom is 0.304 e. The second kappa shape index (κ2) is 13.1. The number of aryl methyl sites for hydroxylation is 1. The molecule has 0 aliphatic carbocycles. The second-order valence-corrected chi connectivity index (χ2v) is 7.06. The minimum absolute atomic E-state index is 0. The highest BCUT2D eigenvalue weighted by Crippen LogP contribution is 2.23. The molecule has 1 unspecified atom stereocenters. The predicted molar refractivity (Wildman–Crippen MR) is 108 cm³/mol. The molecule has 2 rings (SSSR count). The van der Waals surface area contributed by atoms with Crippen molar-refractivity contribution in [2.75, 3.05) is 26.2 Å². The molecule has 1 aromatic carbocycles. The molecule has 0 aromatic heterocycles. The van der Waals surface area contributed by atoms with E-state index in [1.165, 1.54) is 49.7 Å². The van der Waals surface area contributed by atoms with Crippen molar-refractivity contribution in [1.82, 2.24) is 4.90 Å². The number of halogens is 1. The van der Waals surface area contributed by atoms with Gasteiger partial charge in [-0.25, -0.2) is 0 Å². The monoisotopic (exact) mass is 383 g/mol. The molecule has 1 N–H and O–H groups in total. The van der Waals surface area contributed by atoms with Gasteiger partial charge in [-0.05, 0) is 24.0 Å². The molecule has 1 atom stereocenters. The first-order valence-electron chi connectivity index (χ1n) is 9.83. The van der Waals surface area contributed by atoms with E-state index in [4.69, 9.17) is 9.84 Å². The standard InChI is InChI=1S/C21H33NO3.ClH/c1-2-3-4-5-6-7-8-18-9-11-19(12-10-18)20-17-22(15-16-25-20)14-13-21(23)24;/h9-12,20H,2-8,13-17H2,1H3,(H,23,24);1H. The topological polar surface area (TPSA) is 49.8 Å². The van der Waals surface area contributed by atoms with Crippen LogP contribution in [0, 0.1) is 0 Å². The van der Waals surface area contributed by atoms with Crippen LogP contribution in [0.1, 0.15) is 69.1 Å². The minimum atomic E-state index is -0.734. The Labute approximate surface area is 164 Å². The highest BCUT2D eigenvalue weighted by atomic mass is 35.5. The van der Waals surface area contributed by atoms with Gasteiger partial charge in [0.05, 0.1) is 19.1 Å². The second-order valence-electron chi connectivity index (χ2n) is 7.06. The van der Waals surface area contributed by atoms with Crippen LogP contribution >= 0.6 is 12.4 Å². The normalized spacial score (nSPS) is 17.7. The molecule has 0 saturated carbocycles. The van der Waals surface area contributed by atoms with Gasteiger partial charge in [-0.3, -0.25) is 9.69 Å². The van der Waals surface area contributed by atoms with Gasteiger partial charge in [-0.1, -0.05) is 63.3 Å². The number of ether oxygens (including phenoxy) is 1. The van der Waals surface area contributed by atoms with Crippen LogP contribution in [-0.4, -0.2) is 42.2 Å². The van der Waals surface area contributed by atoms with E-state index < -0.39 is 5.97 Å². The largest absolute Gasteiger partial charge is 0.481 e. The van der Waals surface area contributed by atoms with Gasteiger partial charge in [-0.2, -0.15) is 0 Å². The summed E-state index contributed by atoms with van der Waals surface area (Å²) < 4.78 is 5.89. The van der Waals surface area contributed by atoms with Gasteiger partial charge in [0.15, 0.2) is 0 Å². The van der Waals surface area contributed by atoms with E-state index >= 15 is 0 Å². The van der Waals surface area contributed by atoms with Crippen molar-refractivity contribution in [2.24, 2.45) is 0 Å². The number of nitrogens with zero attached hydrogens (tertiary/aromatic N) is 1. The highest BCUT2D eigenvalue weighted by Gasteiger charge is 2.22. The van der Waals surface area contributed by atoms with E-state index in [2.05, 4.69) is 36.1 Å². The van der Waals surface area contributed by atoms with Crippen LogP contribution in [-0.2, 0) is 16.0 Å². The van der Waals surface area contributed by atoms with Crippen LogP contribution in [0.2, 0.25) is 0 Å². The molecule has 5 heteroatoms. The molecular formula is C21H34ClNO3. The molecule has 0 bridgehead atoms. The molecule has 0 spiro atoms. The third kappa shape index (κ3) is 8.52. The SMILES string of the molecule is CCCCCCCCc1ccc(C2CN(CCC(=O)O)CCO2)cc1.Cl. The summed E-state index contributed by atoms with van der Waals surface area (Å²) in [6.07, 6.45) is 9.40. The number of unbranched alkanes of at least 4 members (excludes halogenated alkanes) is 5. The summed E-state index contributed by atoms with van der Waals surface area (Å²) in [5.74, 6) is -0.734. The smallest absolute Gasteiger partial charge is 0.304 e. The molecule has 4 nitrogen and oxygen atoms in total. The van der Waals surface area contributed by atoms with Crippen LogP contribution in [0.3, 0.4) is 0 Å². The van der Waals surface area contributed by atoms with Gasteiger partial charge >= 0.3 is 5.97 Å². The fourth-order valence-corrected chi connectivity index (χ4v) is 3.37. The molecule has 1 aliphatic rings. The molecule has 1 aliphatic heterocycles. The number of morpholine rings is 1. The molecule has 0 radical (unpaired) electrons. The lowest BCUT2D eigenvalue weighted by molar-refractivity contribution is -0.137. The highest BCUT2D eigenvalue weighted by molar-refractivity contribution is 5.85. The Kier molecular flexibility index (Phi) is 11.6. The van der Waals surface area contributed by atoms with Crippen LogP contribution in [0.4, 0.5) is 0 Å². The van der Waals surface area contributed by atoms with Crippen molar-refractivity contribution in [1.29, 1.82) is 0 Å². The Morgan fingerprint density at radius 2 is 1.85 bits per heavy atom. The molecule has 1 fully saturated rings. The van der Waals surface area contributed by atoms with Gasteiger partial charge in [0.1, 0.15) is 0 Å². The fourth-order valence-electron chi connectivity index (χ4n) is 3.37. The van der Waals surface area contributed by atoms with E-state index in [-0.39, 0.29) is 24.9 Å². The lowest BCUT2D eigenvalue weighted by atomic mass is 10.0. The van der Waals surface area contributed by atoms with Gasteiger partial charge < -0.3 is 9.84 Å². The summed E-state index contributed by atoms with van der Waals surface area (Å²) in [4.78, 5) is 12.9. The van der Waals surface area contributed by atoms with Crippen molar-refractivity contribution in [3.05, 3.63) is 35.4 Å². The number of hydrogen-bond donors (Lipinski definition) is 1. The van der Waals surface area contributed by atoms with E-state index in [1.54, 1.807) is 0 Å². The van der Waals surface area contributed by atoms with Crippen LogP contribution in [0.25, 0.3) is 0 Å². The summed E-state index contributed by atoms with van der Waals surface area (Å²) in [6.45, 7) is 5.13. The summed E-state index contributed by atoms with van der Waals surface area (Å²) in [6, 6.07) is 8.80. The summed E-state index contributed by atoms with van der Waals surface area (Å²) >= 11 is 0. The zero-order chi connectivity index (χ0) is 17.9. The molecule has 0 amide bonds. The fraction of sp³-hybridized carbons (Fsp3) is 0.667. The van der Waals surface area contributed by atoms with Crippen molar-refractivity contribution < 1.29 is 14.6 Å². The lowest BCUT2D eigenvalue weighted by Gasteiger charge is -2.32. The first-order valence-corrected chi connectivity index (χ1v) is 9.83. The average molecular weight is 384 g/mol. The quantitative estimate of drug-likeness (QED) is 0.554. The van der Waals surface area contributed by atoms with Gasteiger partial charge in [0.2, 0.25) is 0 Å². The van der Waals surface area contributed by atoms with E-state index in [0.717, 1.165) is 19.5 Å². The summed E-state index contributed by atoms with van der Waals surface area (Å²) in [5.41, 5.74) is 2.60. The Morgan fingerprint density at radius 3 is 2.54 bits per heavy atom. The van der Waals surface area contributed by atoms with Crippen molar-refractivity contribution in [3.8, 4) is 0 Å². The number of carboxylic acid groups (broad SMARTS) is 1. The lowest BCUT2D eigenvalue weighted by Crippen LogP contribution is -2.39. The first-order chi connectivity index (χ1) is 12.2. The molecule has 148 valence electrons. The zero-order valence-corrected chi connectivity index (χ0v) is 16.8. The average Bonchev–Trinajstić information content (AvgIpc) is 2.64. The maximum absolute atomic E-state index is 10.7.